The molecule has 1 aromatic heterocycles. The number of amides is 1. The number of carbonyl (C=O) groups is 2. The van der Waals surface area contributed by atoms with Crippen molar-refractivity contribution in [3.8, 4) is 0 Å². The van der Waals surface area contributed by atoms with Crippen LogP contribution in [0.5, 0.6) is 0 Å². The molecule has 1 saturated carbocycles. The minimum Gasteiger partial charge on any atom is -0.479 e. The average Bonchev–Trinajstić information content (AvgIpc) is 3.19. The molecule has 0 radical (unpaired) electrons. The second-order valence-electron chi connectivity index (χ2n) is 5.61. The van der Waals surface area contributed by atoms with Crippen molar-refractivity contribution >= 4 is 23.2 Å². The van der Waals surface area contributed by atoms with Crippen LogP contribution in [0.25, 0.3) is 0 Å². The first kappa shape index (κ1) is 14.8. The Balaban J connectivity index is 1.69. The van der Waals surface area contributed by atoms with Crippen LogP contribution in [0.2, 0.25) is 0 Å². The fourth-order valence-electron chi connectivity index (χ4n) is 2.72. The van der Waals surface area contributed by atoms with Gasteiger partial charge in [0.15, 0.2) is 6.04 Å². The SMILES string of the molecule is Cc1ccsc1[C@@H]1C[C@H]1C(=O)N[C@H](C(=O)O)c1ccccc1. The first-order valence-electron chi connectivity index (χ1n) is 7.20. The van der Waals surface area contributed by atoms with Crippen LogP contribution in [-0.4, -0.2) is 17.0 Å². The van der Waals surface area contributed by atoms with Crippen LogP contribution in [-0.2, 0) is 9.59 Å². The van der Waals surface area contributed by atoms with Crippen molar-refractivity contribution in [2.75, 3.05) is 0 Å². The Morgan fingerprint density at radius 2 is 2.00 bits per heavy atom. The molecule has 1 fully saturated rings. The summed E-state index contributed by atoms with van der Waals surface area (Å²) < 4.78 is 0. The number of thiophene rings is 1. The highest BCUT2D eigenvalue weighted by molar-refractivity contribution is 7.10. The van der Waals surface area contributed by atoms with Gasteiger partial charge in [0.1, 0.15) is 0 Å². The number of aryl methyl sites for hydroxylation is 1. The van der Waals surface area contributed by atoms with Crippen molar-refractivity contribution < 1.29 is 14.7 Å². The molecule has 0 saturated heterocycles. The fourth-order valence-corrected chi connectivity index (χ4v) is 3.83. The van der Waals surface area contributed by atoms with E-state index in [0.29, 0.717) is 5.56 Å². The van der Waals surface area contributed by atoms with E-state index in [1.54, 1.807) is 35.6 Å². The second-order valence-corrected chi connectivity index (χ2v) is 6.55. The zero-order chi connectivity index (χ0) is 15.7. The third-order valence-electron chi connectivity index (χ3n) is 4.03. The number of carboxylic acid groups (broad SMARTS) is 1. The molecular formula is C17H17NO3S. The largest absolute Gasteiger partial charge is 0.479 e. The molecule has 2 aromatic rings. The summed E-state index contributed by atoms with van der Waals surface area (Å²) in [5.41, 5.74) is 1.80. The molecule has 0 spiro atoms. The van der Waals surface area contributed by atoms with E-state index >= 15 is 0 Å². The third kappa shape index (κ3) is 2.90. The van der Waals surface area contributed by atoms with Gasteiger partial charge in [-0.15, -0.1) is 11.3 Å². The summed E-state index contributed by atoms with van der Waals surface area (Å²) in [5, 5.41) is 14.1. The van der Waals surface area contributed by atoms with Gasteiger partial charge in [0.05, 0.1) is 0 Å². The Labute approximate surface area is 132 Å². The maximum absolute atomic E-state index is 12.3. The maximum atomic E-state index is 12.3. The monoisotopic (exact) mass is 315 g/mol. The molecule has 0 bridgehead atoms. The highest BCUT2D eigenvalue weighted by Gasteiger charge is 2.46. The lowest BCUT2D eigenvalue weighted by Gasteiger charge is -2.14. The van der Waals surface area contributed by atoms with Crippen LogP contribution in [0, 0.1) is 12.8 Å². The van der Waals surface area contributed by atoms with E-state index in [1.165, 1.54) is 10.4 Å². The van der Waals surface area contributed by atoms with Crippen molar-refractivity contribution in [2.45, 2.75) is 25.3 Å². The van der Waals surface area contributed by atoms with Gasteiger partial charge in [-0.1, -0.05) is 30.3 Å². The highest BCUT2D eigenvalue weighted by Crippen LogP contribution is 2.50. The van der Waals surface area contributed by atoms with Crippen molar-refractivity contribution in [3.05, 3.63) is 57.8 Å². The number of nitrogens with one attached hydrogen (secondary N) is 1. The van der Waals surface area contributed by atoms with Crippen LogP contribution < -0.4 is 5.32 Å². The lowest BCUT2D eigenvalue weighted by molar-refractivity contribution is -0.142. The van der Waals surface area contributed by atoms with E-state index in [0.717, 1.165) is 6.42 Å². The maximum Gasteiger partial charge on any atom is 0.330 e. The van der Waals surface area contributed by atoms with E-state index in [1.807, 2.05) is 18.4 Å². The predicted molar refractivity (Wildman–Crippen MR) is 84.9 cm³/mol. The number of hydrogen-bond acceptors (Lipinski definition) is 3. The van der Waals surface area contributed by atoms with Gasteiger partial charge in [-0.25, -0.2) is 4.79 Å². The molecule has 4 nitrogen and oxygen atoms in total. The molecule has 1 aromatic carbocycles. The Kier molecular flexibility index (Phi) is 3.98. The minimum atomic E-state index is -1.04. The van der Waals surface area contributed by atoms with Crippen LogP contribution in [0.4, 0.5) is 0 Å². The first-order chi connectivity index (χ1) is 10.6. The van der Waals surface area contributed by atoms with Crippen LogP contribution in [0.1, 0.15) is 34.4 Å². The van der Waals surface area contributed by atoms with Crippen molar-refractivity contribution in [2.24, 2.45) is 5.92 Å². The number of carboxylic acids is 1. The van der Waals surface area contributed by atoms with Gasteiger partial charge in [0.25, 0.3) is 0 Å². The first-order valence-corrected chi connectivity index (χ1v) is 8.08. The predicted octanol–water partition coefficient (Wildman–Crippen LogP) is 3.10. The lowest BCUT2D eigenvalue weighted by atomic mass is 10.1. The number of rotatable bonds is 5. The number of benzene rings is 1. The molecule has 1 aliphatic rings. The van der Waals surface area contributed by atoms with Gasteiger partial charge in [-0.3, -0.25) is 4.79 Å². The Morgan fingerprint density at radius 3 is 2.59 bits per heavy atom. The van der Waals surface area contributed by atoms with Crippen molar-refractivity contribution in [1.82, 2.24) is 5.32 Å². The summed E-state index contributed by atoms with van der Waals surface area (Å²) >= 11 is 1.67. The minimum absolute atomic E-state index is 0.108. The standard InChI is InChI=1S/C17H17NO3S/c1-10-7-8-22-15(10)12-9-13(12)16(19)18-14(17(20)21)11-5-3-2-4-6-11/h2-8,12-14H,9H2,1H3,(H,18,19)(H,20,21)/t12-,13-,14+/m1/s1. The third-order valence-corrected chi connectivity index (χ3v) is 5.18. The summed E-state index contributed by atoms with van der Waals surface area (Å²) in [7, 11) is 0. The number of aliphatic carboxylic acids is 1. The summed E-state index contributed by atoms with van der Waals surface area (Å²) in [5.74, 6) is -1.08. The fraction of sp³-hybridized carbons (Fsp3) is 0.294. The summed E-state index contributed by atoms with van der Waals surface area (Å²) in [4.78, 5) is 25.0. The molecule has 22 heavy (non-hydrogen) atoms. The van der Waals surface area contributed by atoms with Gasteiger partial charge < -0.3 is 10.4 Å². The molecule has 1 heterocycles. The zero-order valence-corrected chi connectivity index (χ0v) is 13.0. The van der Waals surface area contributed by atoms with Gasteiger partial charge >= 0.3 is 5.97 Å². The van der Waals surface area contributed by atoms with Crippen LogP contribution in [0.3, 0.4) is 0 Å². The number of hydrogen-bond donors (Lipinski definition) is 2. The highest BCUT2D eigenvalue weighted by atomic mass is 32.1. The smallest absolute Gasteiger partial charge is 0.330 e. The zero-order valence-electron chi connectivity index (χ0n) is 12.2. The van der Waals surface area contributed by atoms with Gasteiger partial charge in [0, 0.05) is 16.7 Å². The Morgan fingerprint density at radius 1 is 1.27 bits per heavy atom. The summed E-state index contributed by atoms with van der Waals surface area (Å²) in [6, 6.07) is 9.86. The van der Waals surface area contributed by atoms with Crippen LogP contribution >= 0.6 is 11.3 Å². The molecule has 114 valence electrons. The summed E-state index contributed by atoms with van der Waals surface area (Å²) in [6.45, 7) is 2.04. The molecule has 5 heteroatoms. The van der Waals surface area contributed by atoms with E-state index in [4.69, 9.17) is 0 Å². The van der Waals surface area contributed by atoms with E-state index in [-0.39, 0.29) is 17.7 Å². The molecule has 2 N–H and O–H groups in total. The number of carbonyl (C=O) groups excluding carboxylic acids is 1. The quantitative estimate of drug-likeness (QED) is 0.891. The average molecular weight is 315 g/mol. The molecule has 1 aliphatic carbocycles. The summed E-state index contributed by atoms with van der Waals surface area (Å²) in [6.07, 6.45) is 0.800. The van der Waals surface area contributed by atoms with Crippen LogP contribution in [0.15, 0.2) is 41.8 Å². The molecule has 1 amide bonds. The normalized spacial score (nSPS) is 21.1. The lowest BCUT2D eigenvalue weighted by Crippen LogP contribution is -2.34. The molecule has 0 aliphatic heterocycles. The van der Waals surface area contributed by atoms with Crippen molar-refractivity contribution in [1.29, 1.82) is 0 Å². The van der Waals surface area contributed by atoms with E-state index in [2.05, 4.69) is 11.4 Å². The Hall–Kier alpha value is -2.14. The van der Waals surface area contributed by atoms with E-state index in [9.17, 15) is 14.7 Å². The Bertz CT molecular complexity index is 695. The van der Waals surface area contributed by atoms with Gasteiger partial charge in [-0.2, -0.15) is 0 Å². The van der Waals surface area contributed by atoms with Crippen molar-refractivity contribution in [3.63, 3.8) is 0 Å². The molecule has 3 rings (SSSR count). The second kappa shape index (κ2) is 5.93. The van der Waals surface area contributed by atoms with Gasteiger partial charge in [0.2, 0.25) is 5.91 Å². The topological polar surface area (TPSA) is 66.4 Å². The van der Waals surface area contributed by atoms with Gasteiger partial charge in [-0.05, 0) is 35.9 Å². The molecule has 3 atom stereocenters. The molecular weight excluding hydrogens is 298 g/mol. The molecule has 0 unspecified atom stereocenters. The van der Waals surface area contributed by atoms with E-state index < -0.39 is 12.0 Å².